The molecular weight excluding hydrogens is 142 g/mol. The molecule has 0 heterocycles. The number of halogens is 1. The van der Waals surface area contributed by atoms with Crippen LogP contribution in [-0.4, -0.2) is 17.3 Å². The average Bonchev–Trinajstić information content (AvgIpc) is 1.63. The topological polar surface area (TPSA) is 43.1 Å². The molecule has 0 aliphatic heterocycles. The molecule has 0 aromatic rings. The molecule has 9 heavy (non-hydrogen) atoms. The molecule has 0 amide bonds. The zero-order valence-corrected chi connectivity index (χ0v) is 5.89. The Hall–Kier alpha value is -0.570. The third-order valence-corrected chi connectivity index (χ3v) is 0.958. The highest BCUT2D eigenvalue weighted by Crippen LogP contribution is 1.92. The molecule has 0 fully saturated rings. The molecule has 52 valence electrons. The predicted molar refractivity (Wildman–Crippen MR) is 36.3 cm³/mol. The minimum absolute atomic E-state index is 0.104. The summed E-state index contributed by atoms with van der Waals surface area (Å²) in [4.78, 5) is 9.43. The number of hydrogen-bond acceptors (Lipinski definition) is 2. The fourth-order valence-corrected chi connectivity index (χ4v) is 0.663. The van der Waals surface area contributed by atoms with Gasteiger partial charge in [0.15, 0.2) is 0 Å². The van der Waals surface area contributed by atoms with Gasteiger partial charge in [0.25, 0.3) is 0 Å². The van der Waals surface area contributed by atoms with Crippen molar-refractivity contribution in [2.75, 3.05) is 12.4 Å². The van der Waals surface area contributed by atoms with Crippen LogP contribution in [0.2, 0.25) is 0 Å². The number of rotatable bonds is 3. The molecule has 3 nitrogen and oxygen atoms in total. The maximum Gasteiger partial charge on any atom is 0.224 e. The van der Waals surface area contributed by atoms with Crippen molar-refractivity contribution in [2.24, 2.45) is 0 Å². The molecule has 0 saturated carbocycles. The van der Waals surface area contributed by atoms with E-state index < -0.39 is 0 Å². The number of allylic oxidation sites excluding steroid dienone is 1. The van der Waals surface area contributed by atoms with E-state index in [-0.39, 0.29) is 11.5 Å². The van der Waals surface area contributed by atoms with Gasteiger partial charge >= 0.3 is 0 Å². The Kier molecular flexibility index (Phi) is 4.05. The monoisotopic (exact) mass is 149 g/mol. The summed E-state index contributed by atoms with van der Waals surface area (Å²) in [5, 5.41) is 9.81. The van der Waals surface area contributed by atoms with Crippen LogP contribution >= 0.6 is 11.6 Å². The van der Waals surface area contributed by atoms with E-state index in [0.29, 0.717) is 11.5 Å². The number of nitrogens with zero attached hydrogens (tertiary/aromatic N) is 1. The molecule has 0 aliphatic carbocycles. The van der Waals surface area contributed by atoms with Crippen LogP contribution in [0.1, 0.15) is 6.92 Å². The largest absolute Gasteiger partial charge is 0.264 e. The normalized spacial score (nSPS) is 11.6. The zero-order chi connectivity index (χ0) is 7.28. The van der Waals surface area contributed by atoms with Crippen molar-refractivity contribution < 1.29 is 4.92 Å². The molecule has 0 aliphatic rings. The van der Waals surface area contributed by atoms with Gasteiger partial charge in [-0.05, 0) is 12.5 Å². The Bertz CT molecular complexity index is 133. The van der Waals surface area contributed by atoms with Crippen molar-refractivity contribution in [3.8, 4) is 0 Å². The summed E-state index contributed by atoms with van der Waals surface area (Å²) in [6.45, 7) is 1.58. The summed E-state index contributed by atoms with van der Waals surface area (Å²) in [6.07, 6.45) is 1.63. The summed E-state index contributed by atoms with van der Waals surface area (Å²) in [5.41, 5.74) is 0.704. The Labute approximate surface area is 58.5 Å². The van der Waals surface area contributed by atoms with Crippen LogP contribution in [0.3, 0.4) is 0 Å². The minimum Gasteiger partial charge on any atom is -0.264 e. The van der Waals surface area contributed by atoms with E-state index in [9.17, 15) is 10.1 Å². The quantitative estimate of drug-likeness (QED) is 0.264. The van der Waals surface area contributed by atoms with Crippen molar-refractivity contribution in [2.45, 2.75) is 6.92 Å². The molecule has 0 radical (unpaired) electrons. The predicted octanol–water partition coefficient (Wildman–Crippen LogP) is 1.45. The maximum atomic E-state index is 9.81. The molecule has 0 rings (SSSR count). The smallest absolute Gasteiger partial charge is 0.224 e. The van der Waals surface area contributed by atoms with Crippen molar-refractivity contribution in [3.05, 3.63) is 21.8 Å². The first-order valence-electron chi connectivity index (χ1n) is 2.50. The lowest BCUT2D eigenvalue weighted by molar-refractivity contribution is -0.470. The van der Waals surface area contributed by atoms with Gasteiger partial charge in [-0.2, -0.15) is 0 Å². The molecule has 0 unspecified atom stereocenters. The molecule has 0 saturated heterocycles. The second kappa shape index (κ2) is 4.32. The first-order valence-corrected chi connectivity index (χ1v) is 3.03. The molecule has 0 bridgehead atoms. The van der Waals surface area contributed by atoms with Crippen LogP contribution in [0.25, 0.3) is 0 Å². The van der Waals surface area contributed by atoms with Gasteiger partial charge in [-0.25, -0.2) is 0 Å². The summed E-state index contributed by atoms with van der Waals surface area (Å²) < 4.78 is 0. The molecular formula is C5H8ClNO2. The van der Waals surface area contributed by atoms with E-state index in [1.54, 1.807) is 13.0 Å². The highest BCUT2D eigenvalue weighted by Gasteiger charge is 1.96. The Morgan fingerprint density at radius 1 is 1.89 bits per heavy atom. The molecule has 0 N–H and O–H groups in total. The van der Waals surface area contributed by atoms with Gasteiger partial charge < -0.3 is 0 Å². The molecule has 0 aromatic heterocycles. The van der Waals surface area contributed by atoms with Crippen LogP contribution in [0.5, 0.6) is 0 Å². The highest BCUT2D eigenvalue weighted by atomic mass is 35.5. The van der Waals surface area contributed by atoms with E-state index in [2.05, 4.69) is 0 Å². The minimum atomic E-state index is -0.377. The number of alkyl halides is 1. The van der Waals surface area contributed by atoms with Gasteiger partial charge in [-0.3, -0.25) is 10.1 Å². The lowest BCUT2D eigenvalue weighted by atomic mass is 10.3. The van der Waals surface area contributed by atoms with Crippen molar-refractivity contribution in [1.29, 1.82) is 0 Å². The van der Waals surface area contributed by atoms with Crippen molar-refractivity contribution in [1.82, 2.24) is 0 Å². The lowest BCUT2D eigenvalue weighted by Gasteiger charge is -1.89. The number of nitro groups is 1. The fraction of sp³-hybridized carbons (Fsp3) is 0.600. The first kappa shape index (κ1) is 8.43. The fourth-order valence-electron chi connectivity index (χ4n) is 0.400. The molecule has 0 spiro atoms. The highest BCUT2D eigenvalue weighted by molar-refractivity contribution is 6.18. The Balaban J connectivity index is 3.62. The van der Waals surface area contributed by atoms with Gasteiger partial charge in [0.1, 0.15) is 0 Å². The van der Waals surface area contributed by atoms with Gasteiger partial charge in [-0.15, -0.1) is 11.6 Å². The van der Waals surface area contributed by atoms with E-state index in [0.717, 1.165) is 0 Å². The summed E-state index contributed by atoms with van der Waals surface area (Å²) in [5.74, 6) is 0.347. The zero-order valence-electron chi connectivity index (χ0n) is 5.13. The molecule has 0 aromatic carbocycles. The van der Waals surface area contributed by atoms with E-state index in [4.69, 9.17) is 11.6 Å². The van der Waals surface area contributed by atoms with E-state index in [1.807, 2.05) is 0 Å². The van der Waals surface area contributed by atoms with Crippen LogP contribution in [0, 0.1) is 10.1 Å². The number of hydrogen-bond donors (Lipinski definition) is 0. The van der Waals surface area contributed by atoms with Crippen molar-refractivity contribution in [3.63, 3.8) is 0 Å². The van der Waals surface area contributed by atoms with Crippen LogP contribution < -0.4 is 0 Å². The average molecular weight is 150 g/mol. The standard InChI is InChI=1S/C5H8ClNO2/c1-5(2-3-6)4-7(8)9/h2H,3-4H2,1H3. The van der Waals surface area contributed by atoms with E-state index >= 15 is 0 Å². The van der Waals surface area contributed by atoms with Crippen LogP contribution in [0.4, 0.5) is 0 Å². The second-order valence-corrected chi connectivity index (χ2v) is 2.00. The summed E-state index contributed by atoms with van der Waals surface area (Å²) in [6, 6.07) is 0. The van der Waals surface area contributed by atoms with Gasteiger partial charge in [0.2, 0.25) is 6.54 Å². The molecule has 0 atom stereocenters. The molecule has 4 heteroatoms. The van der Waals surface area contributed by atoms with Crippen LogP contribution in [-0.2, 0) is 0 Å². The third-order valence-electron chi connectivity index (χ3n) is 0.804. The van der Waals surface area contributed by atoms with Gasteiger partial charge in [0, 0.05) is 10.8 Å². The SMILES string of the molecule is CC(=CCCl)C[N+](=O)[O-]. The van der Waals surface area contributed by atoms with Crippen molar-refractivity contribution >= 4 is 11.6 Å². The first-order chi connectivity index (χ1) is 4.16. The van der Waals surface area contributed by atoms with Gasteiger partial charge in [-0.1, -0.05) is 6.08 Å². The lowest BCUT2D eigenvalue weighted by Crippen LogP contribution is -2.01. The second-order valence-electron chi connectivity index (χ2n) is 1.70. The van der Waals surface area contributed by atoms with Gasteiger partial charge in [0.05, 0.1) is 0 Å². The third kappa shape index (κ3) is 5.30. The van der Waals surface area contributed by atoms with Crippen LogP contribution in [0.15, 0.2) is 11.6 Å². The Morgan fingerprint density at radius 2 is 2.44 bits per heavy atom. The summed E-state index contributed by atoms with van der Waals surface area (Å²) >= 11 is 5.28. The van der Waals surface area contributed by atoms with E-state index in [1.165, 1.54) is 0 Å². The summed E-state index contributed by atoms with van der Waals surface area (Å²) in [7, 11) is 0. The Morgan fingerprint density at radius 3 is 2.78 bits per heavy atom. The maximum absolute atomic E-state index is 9.81.